The average molecular weight is 302 g/mol. The number of Topliss-reactive ketones (excluding diaryl/α,β-unsaturated/α-hetero) is 1. The number of halogens is 1. The van der Waals surface area contributed by atoms with Gasteiger partial charge in [0.25, 0.3) is 0 Å². The molecule has 4 nitrogen and oxygen atoms in total. The van der Waals surface area contributed by atoms with E-state index in [-0.39, 0.29) is 11.7 Å². The van der Waals surface area contributed by atoms with Crippen molar-refractivity contribution in [2.24, 2.45) is 0 Å². The Bertz CT molecular complexity index is 552. The summed E-state index contributed by atoms with van der Waals surface area (Å²) in [7, 11) is 1.95. The van der Waals surface area contributed by atoms with Crippen molar-refractivity contribution in [1.82, 2.24) is 9.97 Å². The van der Waals surface area contributed by atoms with Crippen molar-refractivity contribution in [3.05, 3.63) is 27.2 Å². The van der Waals surface area contributed by atoms with Gasteiger partial charge >= 0.3 is 0 Å². The Kier molecular flexibility index (Phi) is 4.31. The SMILES string of the molecule is Cc1ncsc1CN(C)c1nc(C(=O)CCl)cs1. The van der Waals surface area contributed by atoms with E-state index in [0.717, 1.165) is 17.4 Å². The lowest BCUT2D eigenvalue weighted by atomic mass is 10.3. The number of carbonyl (C=O) groups excluding carboxylic acids is 1. The maximum atomic E-state index is 11.4. The van der Waals surface area contributed by atoms with Crippen molar-refractivity contribution in [3.63, 3.8) is 0 Å². The number of aromatic nitrogens is 2. The van der Waals surface area contributed by atoms with E-state index in [9.17, 15) is 4.79 Å². The molecular weight excluding hydrogens is 290 g/mol. The number of ketones is 1. The maximum absolute atomic E-state index is 11.4. The number of nitrogens with zero attached hydrogens (tertiary/aromatic N) is 3. The van der Waals surface area contributed by atoms with Gasteiger partial charge in [0.2, 0.25) is 0 Å². The summed E-state index contributed by atoms with van der Waals surface area (Å²) in [6.45, 7) is 2.74. The van der Waals surface area contributed by atoms with Crippen LogP contribution in [0.3, 0.4) is 0 Å². The second kappa shape index (κ2) is 5.77. The Morgan fingerprint density at radius 3 is 2.89 bits per heavy atom. The molecule has 0 fully saturated rings. The van der Waals surface area contributed by atoms with Gasteiger partial charge in [-0.25, -0.2) is 9.97 Å². The summed E-state index contributed by atoms with van der Waals surface area (Å²) in [6.07, 6.45) is 0. The van der Waals surface area contributed by atoms with Crippen LogP contribution in [0.4, 0.5) is 5.13 Å². The van der Waals surface area contributed by atoms with E-state index in [0.29, 0.717) is 5.69 Å². The first-order chi connectivity index (χ1) is 8.61. The fourth-order valence-corrected chi connectivity index (χ4v) is 3.16. The van der Waals surface area contributed by atoms with Crippen LogP contribution in [0.25, 0.3) is 0 Å². The van der Waals surface area contributed by atoms with E-state index in [1.807, 2.05) is 24.4 Å². The van der Waals surface area contributed by atoms with Crippen LogP contribution in [0.2, 0.25) is 0 Å². The molecule has 18 heavy (non-hydrogen) atoms. The van der Waals surface area contributed by atoms with Crippen molar-refractivity contribution in [2.45, 2.75) is 13.5 Å². The Labute approximate surface area is 118 Å². The lowest BCUT2D eigenvalue weighted by molar-refractivity contribution is 0.101. The topological polar surface area (TPSA) is 46.1 Å². The summed E-state index contributed by atoms with van der Waals surface area (Å²) in [5.74, 6) is -0.164. The van der Waals surface area contributed by atoms with E-state index >= 15 is 0 Å². The number of thiazole rings is 2. The van der Waals surface area contributed by atoms with Gasteiger partial charge in [-0.1, -0.05) is 0 Å². The summed E-state index contributed by atoms with van der Waals surface area (Å²) < 4.78 is 0. The van der Waals surface area contributed by atoms with Crippen LogP contribution < -0.4 is 4.90 Å². The van der Waals surface area contributed by atoms with Crippen molar-refractivity contribution >= 4 is 45.2 Å². The molecule has 0 radical (unpaired) electrons. The number of carbonyl (C=O) groups is 1. The average Bonchev–Trinajstić information content (AvgIpc) is 2.98. The summed E-state index contributed by atoms with van der Waals surface area (Å²) in [5, 5.41) is 2.56. The van der Waals surface area contributed by atoms with Crippen LogP contribution in [-0.4, -0.2) is 28.7 Å². The molecular formula is C11H12ClN3OS2. The molecule has 96 valence electrons. The number of aryl methyl sites for hydroxylation is 1. The highest BCUT2D eigenvalue weighted by atomic mass is 35.5. The lowest BCUT2D eigenvalue weighted by Gasteiger charge is -2.14. The molecule has 0 saturated heterocycles. The maximum Gasteiger partial charge on any atom is 0.196 e. The molecule has 2 aromatic rings. The third-order valence-electron chi connectivity index (χ3n) is 2.45. The molecule has 0 spiro atoms. The molecule has 0 aliphatic rings. The number of hydrogen-bond acceptors (Lipinski definition) is 6. The summed E-state index contributed by atoms with van der Waals surface area (Å²) in [5.41, 5.74) is 3.32. The largest absolute Gasteiger partial charge is 0.346 e. The molecule has 0 N–H and O–H groups in total. The van der Waals surface area contributed by atoms with E-state index in [1.54, 1.807) is 16.7 Å². The first-order valence-corrected chi connectivity index (χ1v) is 7.56. The summed E-state index contributed by atoms with van der Waals surface area (Å²) >= 11 is 8.58. The minimum atomic E-state index is -0.137. The third kappa shape index (κ3) is 2.88. The fraction of sp³-hybridized carbons (Fsp3) is 0.364. The van der Waals surface area contributed by atoms with Crippen LogP contribution in [0, 0.1) is 6.92 Å². The summed E-state index contributed by atoms with van der Waals surface area (Å²) in [4.78, 5) is 23.1. The smallest absolute Gasteiger partial charge is 0.196 e. The zero-order valence-corrected chi connectivity index (χ0v) is 12.4. The van der Waals surface area contributed by atoms with Crippen molar-refractivity contribution in [2.75, 3.05) is 17.8 Å². The van der Waals surface area contributed by atoms with Crippen LogP contribution in [-0.2, 0) is 6.54 Å². The Hall–Kier alpha value is -0.980. The standard InChI is InChI=1S/C11H12ClN3OS2/c1-7-10(18-6-13-7)4-15(2)11-14-8(5-17-11)9(16)3-12/h5-6H,3-4H2,1-2H3. The predicted molar refractivity (Wildman–Crippen MR) is 76.1 cm³/mol. The van der Waals surface area contributed by atoms with Gasteiger partial charge in [-0.3, -0.25) is 4.79 Å². The molecule has 0 unspecified atom stereocenters. The third-order valence-corrected chi connectivity index (χ3v) is 4.57. The molecule has 0 bridgehead atoms. The van der Waals surface area contributed by atoms with Crippen LogP contribution in [0.1, 0.15) is 21.1 Å². The van der Waals surface area contributed by atoms with Gasteiger partial charge in [0.05, 0.1) is 23.6 Å². The molecule has 0 atom stereocenters. The first-order valence-electron chi connectivity index (χ1n) is 5.26. The van der Waals surface area contributed by atoms with Crippen molar-refractivity contribution in [3.8, 4) is 0 Å². The van der Waals surface area contributed by atoms with Gasteiger partial charge in [-0.2, -0.15) is 0 Å². The number of anilines is 1. The highest BCUT2D eigenvalue weighted by Crippen LogP contribution is 2.23. The molecule has 2 heterocycles. The zero-order chi connectivity index (χ0) is 13.1. The molecule has 2 rings (SSSR count). The highest BCUT2D eigenvalue weighted by molar-refractivity contribution is 7.14. The number of hydrogen-bond donors (Lipinski definition) is 0. The Morgan fingerprint density at radius 1 is 1.50 bits per heavy atom. The molecule has 7 heteroatoms. The van der Waals surface area contributed by atoms with E-state index in [4.69, 9.17) is 11.6 Å². The quantitative estimate of drug-likeness (QED) is 0.629. The van der Waals surface area contributed by atoms with Gasteiger partial charge in [-0.15, -0.1) is 34.3 Å². The molecule has 0 aliphatic heterocycles. The molecule has 0 aliphatic carbocycles. The van der Waals surface area contributed by atoms with Gasteiger partial charge in [0.15, 0.2) is 10.9 Å². The lowest BCUT2D eigenvalue weighted by Crippen LogP contribution is -2.16. The monoisotopic (exact) mass is 301 g/mol. The van der Waals surface area contributed by atoms with Gasteiger partial charge in [0.1, 0.15) is 5.69 Å². The van der Waals surface area contributed by atoms with Crippen LogP contribution >= 0.6 is 34.3 Å². The molecule has 0 saturated carbocycles. The predicted octanol–water partition coefficient (Wildman–Crippen LogP) is 2.97. The summed E-state index contributed by atoms with van der Waals surface area (Å²) in [6, 6.07) is 0. The minimum Gasteiger partial charge on any atom is -0.346 e. The first kappa shape index (κ1) is 13.5. The Balaban J connectivity index is 2.10. The zero-order valence-electron chi connectivity index (χ0n) is 10.0. The number of rotatable bonds is 5. The molecule has 0 amide bonds. The molecule has 2 aromatic heterocycles. The van der Waals surface area contributed by atoms with Crippen molar-refractivity contribution < 1.29 is 4.79 Å². The van der Waals surface area contributed by atoms with Gasteiger partial charge < -0.3 is 4.90 Å². The Morgan fingerprint density at radius 2 is 2.28 bits per heavy atom. The van der Waals surface area contributed by atoms with E-state index in [2.05, 4.69) is 9.97 Å². The van der Waals surface area contributed by atoms with E-state index in [1.165, 1.54) is 16.2 Å². The fourth-order valence-electron chi connectivity index (χ4n) is 1.40. The van der Waals surface area contributed by atoms with Crippen LogP contribution in [0.5, 0.6) is 0 Å². The minimum absolute atomic E-state index is 0.0269. The van der Waals surface area contributed by atoms with Gasteiger partial charge in [-0.05, 0) is 6.92 Å². The highest BCUT2D eigenvalue weighted by Gasteiger charge is 2.13. The molecule has 0 aromatic carbocycles. The number of alkyl halides is 1. The van der Waals surface area contributed by atoms with Crippen LogP contribution in [0.15, 0.2) is 10.9 Å². The van der Waals surface area contributed by atoms with E-state index < -0.39 is 0 Å². The van der Waals surface area contributed by atoms with Gasteiger partial charge in [0, 0.05) is 17.3 Å². The second-order valence-electron chi connectivity index (χ2n) is 3.79. The van der Waals surface area contributed by atoms with Crippen molar-refractivity contribution in [1.29, 1.82) is 0 Å². The second-order valence-corrected chi connectivity index (χ2v) is 5.83. The normalized spacial score (nSPS) is 10.6.